The van der Waals surface area contributed by atoms with Gasteiger partial charge in [0.2, 0.25) is 6.10 Å². The number of carbonyl (C=O) groups is 1. The van der Waals surface area contributed by atoms with Crippen molar-refractivity contribution in [1.82, 2.24) is 5.32 Å². The molecule has 0 aromatic heterocycles. The van der Waals surface area contributed by atoms with E-state index in [1.807, 2.05) is 49.4 Å². The highest BCUT2D eigenvalue weighted by Gasteiger charge is 2.28. The number of amides is 1. The fourth-order valence-corrected chi connectivity index (χ4v) is 2.56. The summed E-state index contributed by atoms with van der Waals surface area (Å²) in [5.41, 5.74) is 0.917. The first-order valence-electron chi connectivity index (χ1n) is 7.51. The minimum absolute atomic E-state index is 0.195. The van der Waals surface area contributed by atoms with Gasteiger partial charge in [0.05, 0.1) is 13.2 Å². The Labute approximate surface area is 135 Å². The molecule has 0 unspecified atom stereocenters. The number of fused-ring (bicyclic) bond motifs is 1. The Kier molecular flexibility index (Phi) is 4.37. The second-order valence-electron chi connectivity index (χ2n) is 5.34. The summed E-state index contributed by atoms with van der Waals surface area (Å²) < 4.78 is 16.6. The molecule has 5 nitrogen and oxygen atoms in total. The Morgan fingerprint density at radius 2 is 1.87 bits per heavy atom. The van der Waals surface area contributed by atoms with E-state index in [-0.39, 0.29) is 18.6 Å². The zero-order chi connectivity index (χ0) is 16.2. The molecule has 2 aromatic rings. The van der Waals surface area contributed by atoms with E-state index >= 15 is 0 Å². The van der Waals surface area contributed by atoms with Crippen molar-refractivity contribution in [3.05, 3.63) is 54.1 Å². The Balaban J connectivity index is 1.68. The number of carbonyl (C=O) groups excluding carboxylic acids is 1. The van der Waals surface area contributed by atoms with Crippen LogP contribution in [0, 0.1) is 0 Å². The Morgan fingerprint density at radius 1 is 1.17 bits per heavy atom. The number of hydrogen-bond acceptors (Lipinski definition) is 4. The Morgan fingerprint density at radius 3 is 2.65 bits per heavy atom. The molecule has 5 heteroatoms. The van der Waals surface area contributed by atoms with Crippen molar-refractivity contribution in [3.8, 4) is 17.2 Å². The monoisotopic (exact) mass is 313 g/mol. The molecule has 0 saturated heterocycles. The average molecular weight is 313 g/mol. The first-order valence-corrected chi connectivity index (χ1v) is 7.51. The van der Waals surface area contributed by atoms with Crippen LogP contribution < -0.4 is 19.5 Å². The van der Waals surface area contributed by atoms with Crippen LogP contribution in [0.2, 0.25) is 0 Å². The lowest BCUT2D eigenvalue weighted by Crippen LogP contribution is -2.44. The molecule has 1 amide bonds. The van der Waals surface area contributed by atoms with Gasteiger partial charge in [-0.25, -0.2) is 0 Å². The average Bonchev–Trinajstić information content (AvgIpc) is 2.61. The lowest BCUT2D eigenvalue weighted by atomic mass is 10.1. The summed E-state index contributed by atoms with van der Waals surface area (Å²) in [6, 6.07) is 14.7. The number of benzene rings is 2. The summed E-state index contributed by atoms with van der Waals surface area (Å²) in [5, 5.41) is 2.95. The minimum Gasteiger partial charge on any atom is -0.496 e. The summed E-state index contributed by atoms with van der Waals surface area (Å²) in [5.74, 6) is 1.78. The molecule has 0 fully saturated rings. The number of para-hydroxylation sites is 3. The third-order valence-electron chi connectivity index (χ3n) is 3.77. The first kappa shape index (κ1) is 15.2. The molecule has 1 N–H and O–H groups in total. The summed E-state index contributed by atoms with van der Waals surface area (Å²) in [6.45, 7) is 2.11. The molecule has 2 aromatic carbocycles. The van der Waals surface area contributed by atoms with Gasteiger partial charge in [-0.05, 0) is 25.1 Å². The van der Waals surface area contributed by atoms with E-state index in [9.17, 15) is 4.79 Å². The second kappa shape index (κ2) is 6.60. The van der Waals surface area contributed by atoms with Crippen molar-refractivity contribution in [3.63, 3.8) is 0 Å². The van der Waals surface area contributed by atoms with Crippen molar-refractivity contribution in [2.45, 2.75) is 19.1 Å². The normalized spacial score (nSPS) is 17.2. The summed E-state index contributed by atoms with van der Waals surface area (Å²) in [7, 11) is 1.61. The van der Waals surface area contributed by atoms with Crippen molar-refractivity contribution >= 4 is 5.91 Å². The zero-order valence-corrected chi connectivity index (χ0v) is 13.1. The van der Waals surface area contributed by atoms with Crippen LogP contribution in [0.5, 0.6) is 17.2 Å². The van der Waals surface area contributed by atoms with Crippen LogP contribution in [-0.4, -0.2) is 25.7 Å². The predicted molar refractivity (Wildman–Crippen MR) is 85.9 cm³/mol. The first-order chi connectivity index (χ1) is 11.2. The highest BCUT2D eigenvalue weighted by molar-refractivity contribution is 5.82. The van der Waals surface area contributed by atoms with Gasteiger partial charge >= 0.3 is 0 Å². The van der Waals surface area contributed by atoms with Crippen molar-refractivity contribution < 1.29 is 19.0 Å². The predicted octanol–water partition coefficient (Wildman–Crippen LogP) is 2.71. The van der Waals surface area contributed by atoms with Gasteiger partial charge in [0, 0.05) is 5.56 Å². The van der Waals surface area contributed by atoms with Gasteiger partial charge in [0.25, 0.3) is 5.91 Å². The van der Waals surface area contributed by atoms with Crippen LogP contribution in [-0.2, 0) is 4.79 Å². The van der Waals surface area contributed by atoms with Gasteiger partial charge in [0.1, 0.15) is 12.4 Å². The van der Waals surface area contributed by atoms with E-state index in [2.05, 4.69) is 5.32 Å². The molecule has 1 heterocycles. The molecule has 2 atom stereocenters. The Bertz CT molecular complexity index is 701. The largest absolute Gasteiger partial charge is 0.496 e. The lowest BCUT2D eigenvalue weighted by Gasteiger charge is -2.27. The smallest absolute Gasteiger partial charge is 0.265 e. The molecular formula is C18H19NO4. The highest BCUT2D eigenvalue weighted by Crippen LogP contribution is 2.31. The fourth-order valence-electron chi connectivity index (χ4n) is 2.56. The zero-order valence-electron chi connectivity index (χ0n) is 13.1. The third kappa shape index (κ3) is 3.23. The van der Waals surface area contributed by atoms with Crippen LogP contribution in [0.4, 0.5) is 0 Å². The van der Waals surface area contributed by atoms with Gasteiger partial charge < -0.3 is 19.5 Å². The van der Waals surface area contributed by atoms with E-state index in [0.29, 0.717) is 11.5 Å². The highest BCUT2D eigenvalue weighted by atomic mass is 16.6. The molecule has 3 rings (SSSR count). The van der Waals surface area contributed by atoms with Crippen LogP contribution in [0.15, 0.2) is 48.5 Å². The van der Waals surface area contributed by atoms with E-state index in [1.165, 1.54) is 0 Å². The fraction of sp³-hybridized carbons (Fsp3) is 0.278. The van der Waals surface area contributed by atoms with E-state index < -0.39 is 6.10 Å². The third-order valence-corrected chi connectivity index (χ3v) is 3.77. The van der Waals surface area contributed by atoms with E-state index in [4.69, 9.17) is 14.2 Å². The van der Waals surface area contributed by atoms with Crippen LogP contribution >= 0.6 is 0 Å². The molecule has 0 radical (unpaired) electrons. The number of rotatable bonds is 4. The standard InChI is InChI=1S/C18H19NO4/c1-12(13-7-3-4-8-14(13)21-2)19-18(20)17-11-22-15-9-5-6-10-16(15)23-17/h3-10,12,17H,11H2,1-2H3,(H,19,20)/t12-,17+/m0/s1. The molecule has 0 aliphatic carbocycles. The number of hydrogen-bond donors (Lipinski definition) is 1. The second-order valence-corrected chi connectivity index (χ2v) is 5.34. The summed E-state index contributed by atoms with van der Waals surface area (Å²) in [4.78, 5) is 12.4. The molecule has 1 aliphatic rings. The maximum Gasteiger partial charge on any atom is 0.265 e. The number of ether oxygens (including phenoxy) is 3. The Hall–Kier alpha value is -2.69. The lowest BCUT2D eigenvalue weighted by molar-refractivity contribution is -0.131. The van der Waals surface area contributed by atoms with Gasteiger partial charge in [-0.2, -0.15) is 0 Å². The molecule has 1 aliphatic heterocycles. The van der Waals surface area contributed by atoms with Gasteiger partial charge in [-0.15, -0.1) is 0 Å². The summed E-state index contributed by atoms with van der Waals surface area (Å²) >= 11 is 0. The molecule has 23 heavy (non-hydrogen) atoms. The van der Waals surface area contributed by atoms with Crippen LogP contribution in [0.3, 0.4) is 0 Å². The molecule has 0 spiro atoms. The topological polar surface area (TPSA) is 56.8 Å². The van der Waals surface area contributed by atoms with Crippen LogP contribution in [0.25, 0.3) is 0 Å². The van der Waals surface area contributed by atoms with E-state index in [0.717, 1.165) is 11.3 Å². The van der Waals surface area contributed by atoms with Crippen LogP contribution in [0.1, 0.15) is 18.5 Å². The molecule has 120 valence electrons. The maximum atomic E-state index is 12.4. The summed E-state index contributed by atoms with van der Waals surface area (Å²) in [6.07, 6.45) is -0.665. The van der Waals surface area contributed by atoms with Crippen molar-refractivity contribution in [2.24, 2.45) is 0 Å². The maximum absolute atomic E-state index is 12.4. The van der Waals surface area contributed by atoms with Gasteiger partial charge in [-0.3, -0.25) is 4.79 Å². The molecular weight excluding hydrogens is 294 g/mol. The number of methoxy groups -OCH3 is 1. The number of nitrogens with one attached hydrogen (secondary N) is 1. The van der Waals surface area contributed by atoms with Crippen molar-refractivity contribution in [2.75, 3.05) is 13.7 Å². The molecule has 0 bridgehead atoms. The van der Waals surface area contributed by atoms with Gasteiger partial charge in [0.15, 0.2) is 11.5 Å². The SMILES string of the molecule is COc1ccccc1[C@H](C)NC(=O)[C@H]1COc2ccccc2O1. The van der Waals surface area contributed by atoms with Gasteiger partial charge in [-0.1, -0.05) is 30.3 Å². The van der Waals surface area contributed by atoms with E-state index in [1.54, 1.807) is 13.2 Å². The minimum atomic E-state index is -0.665. The molecule has 0 saturated carbocycles. The van der Waals surface area contributed by atoms with Crippen molar-refractivity contribution in [1.29, 1.82) is 0 Å². The quantitative estimate of drug-likeness (QED) is 0.943.